The Morgan fingerprint density at radius 3 is 2.69 bits per heavy atom. The third kappa shape index (κ3) is 5.96. The quantitative estimate of drug-likeness (QED) is 0.386. The molecule has 1 atom stereocenters. The summed E-state index contributed by atoms with van der Waals surface area (Å²) in [5.74, 6) is 0.0466. The number of thiocarbonyl (C=S) groups is 1. The number of carboxylic acids is 1. The Hall–Kier alpha value is -2.64. The fraction of sp³-hybridized carbons (Fsp3) is 0.560. The van der Waals surface area contributed by atoms with E-state index in [0.717, 1.165) is 44.6 Å². The van der Waals surface area contributed by atoms with Crippen molar-refractivity contribution in [1.29, 1.82) is 5.26 Å². The summed E-state index contributed by atoms with van der Waals surface area (Å²) in [6.07, 6.45) is 5.87. The van der Waals surface area contributed by atoms with Gasteiger partial charge in [0.15, 0.2) is 0 Å². The Labute approximate surface area is 215 Å². The molecule has 1 amide bonds. The highest BCUT2D eigenvalue weighted by atomic mass is 32.2. The average molecular weight is 517 g/mol. The Morgan fingerprint density at radius 2 is 2.06 bits per heavy atom. The van der Waals surface area contributed by atoms with E-state index >= 15 is 0 Å². The first-order valence-electron chi connectivity index (χ1n) is 12.1. The molecule has 0 spiro atoms. The zero-order chi connectivity index (χ0) is 25.7. The minimum Gasteiger partial charge on any atom is -0.481 e. The van der Waals surface area contributed by atoms with Crippen LogP contribution in [0.5, 0.6) is 0 Å². The lowest BCUT2D eigenvalue weighted by atomic mass is 9.98. The minimum absolute atomic E-state index is 0.0412. The van der Waals surface area contributed by atoms with Crippen LogP contribution in [0.15, 0.2) is 9.70 Å². The molecule has 0 aromatic carbocycles. The number of unbranched alkanes of at least 4 members (excludes halogenated alkanes) is 1. The molecular weight excluding hydrogens is 484 g/mol. The zero-order valence-corrected chi connectivity index (χ0v) is 22.1. The van der Waals surface area contributed by atoms with E-state index in [0.29, 0.717) is 39.2 Å². The maximum atomic E-state index is 13.3. The largest absolute Gasteiger partial charge is 0.481 e. The Morgan fingerprint density at radius 1 is 1.31 bits per heavy atom. The second-order valence-corrected chi connectivity index (χ2v) is 10.9. The van der Waals surface area contributed by atoms with Crippen molar-refractivity contribution in [1.82, 2.24) is 9.47 Å². The standard InChI is InChI=1S/C25H32N4O4S2/c1-4-5-11-28-22(27-10-6-8-16(2)15-27)18(17(3)19(14-26)23(28)32)13-20-24(33)29(25(34)35-20)12-7-9-21(30)31/h13,16H,4-12,15H2,1-3H3,(H,30,31)/b20-13-. The Balaban J connectivity index is 2.13. The predicted octanol–water partition coefficient (Wildman–Crippen LogP) is 4.13. The van der Waals surface area contributed by atoms with Crippen LogP contribution in [-0.2, 0) is 16.1 Å². The molecular formula is C25H32N4O4S2. The van der Waals surface area contributed by atoms with Crippen LogP contribution in [-0.4, -0.2) is 50.4 Å². The van der Waals surface area contributed by atoms with Crippen molar-refractivity contribution in [3.63, 3.8) is 0 Å². The van der Waals surface area contributed by atoms with E-state index in [1.807, 2.05) is 0 Å². The molecule has 0 aliphatic carbocycles. The fourth-order valence-corrected chi connectivity index (χ4v) is 5.89. The molecule has 0 bridgehead atoms. The van der Waals surface area contributed by atoms with Crippen LogP contribution >= 0.6 is 24.0 Å². The maximum Gasteiger partial charge on any atom is 0.303 e. The second-order valence-electron chi connectivity index (χ2n) is 9.18. The van der Waals surface area contributed by atoms with Gasteiger partial charge in [-0.3, -0.25) is 23.9 Å². The number of hydrogen-bond donors (Lipinski definition) is 1. The summed E-state index contributed by atoms with van der Waals surface area (Å²) in [5.41, 5.74) is 1.08. The number of aliphatic carboxylic acids is 1. The van der Waals surface area contributed by atoms with Crippen LogP contribution in [0.4, 0.5) is 5.82 Å². The van der Waals surface area contributed by atoms with E-state index in [1.54, 1.807) is 17.6 Å². The van der Waals surface area contributed by atoms with Crippen molar-refractivity contribution >= 4 is 52.1 Å². The van der Waals surface area contributed by atoms with E-state index in [4.69, 9.17) is 17.3 Å². The first kappa shape index (κ1) is 27.0. The summed E-state index contributed by atoms with van der Waals surface area (Å²) in [7, 11) is 0. The van der Waals surface area contributed by atoms with Gasteiger partial charge in [-0.05, 0) is 50.2 Å². The molecule has 35 heavy (non-hydrogen) atoms. The molecule has 0 radical (unpaired) electrons. The molecule has 1 aromatic heterocycles. The molecule has 2 fully saturated rings. The van der Waals surface area contributed by atoms with Crippen molar-refractivity contribution in [3.8, 4) is 6.07 Å². The molecule has 2 saturated heterocycles. The monoisotopic (exact) mass is 516 g/mol. The van der Waals surface area contributed by atoms with Crippen molar-refractivity contribution in [2.24, 2.45) is 5.92 Å². The van der Waals surface area contributed by atoms with Crippen LogP contribution in [0.25, 0.3) is 6.08 Å². The molecule has 188 valence electrons. The van der Waals surface area contributed by atoms with Crippen molar-refractivity contribution < 1.29 is 14.7 Å². The molecule has 1 N–H and O–H groups in total. The topological polar surface area (TPSA) is 107 Å². The van der Waals surface area contributed by atoms with Gasteiger partial charge in [-0.25, -0.2) is 0 Å². The number of carboxylic acid groups (broad SMARTS) is 1. The van der Waals surface area contributed by atoms with Gasteiger partial charge in [-0.15, -0.1) is 0 Å². The summed E-state index contributed by atoms with van der Waals surface area (Å²) < 4.78 is 2.10. The summed E-state index contributed by atoms with van der Waals surface area (Å²) in [5, 5.41) is 18.7. The maximum absolute atomic E-state index is 13.3. The number of rotatable bonds is 9. The number of carbonyl (C=O) groups excluding carboxylic acids is 1. The number of hydrogen-bond acceptors (Lipinski definition) is 7. The van der Waals surface area contributed by atoms with Gasteiger partial charge in [0.05, 0.1) is 4.91 Å². The second kappa shape index (κ2) is 11.9. The summed E-state index contributed by atoms with van der Waals surface area (Å²) in [6, 6.07) is 2.09. The van der Waals surface area contributed by atoms with Gasteiger partial charge in [0, 0.05) is 38.2 Å². The lowest BCUT2D eigenvalue weighted by Gasteiger charge is -2.36. The van der Waals surface area contributed by atoms with E-state index in [2.05, 4.69) is 24.8 Å². The van der Waals surface area contributed by atoms with Crippen molar-refractivity contribution in [2.45, 2.75) is 65.8 Å². The number of amides is 1. The third-order valence-corrected chi connectivity index (χ3v) is 7.84. The van der Waals surface area contributed by atoms with Crippen LogP contribution in [0.1, 0.15) is 69.1 Å². The van der Waals surface area contributed by atoms with Crippen LogP contribution in [0.2, 0.25) is 0 Å². The molecule has 10 heteroatoms. The minimum atomic E-state index is -0.916. The van der Waals surface area contributed by atoms with Gasteiger partial charge in [0.2, 0.25) is 0 Å². The normalized spacial score (nSPS) is 19.5. The molecule has 1 aromatic rings. The van der Waals surface area contributed by atoms with E-state index in [-0.39, 0.29) is 30.0 Å². The van der Waals surface area contributed by atoms with Gasteiger partial charge in [0.1, 0.15) is 21.8 Å². The molecule has 0 saturated carbocycles. The number of carbonyl (C=O) groups is 2. The van der Waals surface area contributed by atoms with Gasteiger partial charge in [0.25, 0.3) is 11.5 Å². The number of anilines is 1. The smallest absolute Gasteiger partial charge is 0.303 e. The van der Waals surface area contributed by atoms with E-state index < -0.39 is 5.97 Å². The highest BCUT2D eigenvalue weighted by molar-refractivity contribution is 8.26. The number of pyridine rings is 1. The summed E-state index contributed by atoms with van der Waals surface area (Å²) in [4.78, 5) is 41.5. The predicted molar refractivity (Wildman–Crippen MR) is 142 cm³/mol. The Kier molecular flexibility index (Phi) is 9.14. The number of thioether (sulfide) groups is 1. The molecule has 3 heterocycles. The number of piperidine rings is 1. The van der Waals surface area contributed by atoms with E-state index in [9.17, 15) is 19.6 Å². The van der Waals surface area contributed by atoms with Gasteiger partial charge in [-0.1, -0.05) is 44.2 Å². The lowest BCUT2D eigenvalue weighted by Crippen LogP contribution is -2.40. The summed E-state index contributed by atoms with van der Waals surface area (Å²) in [6.45, 7) is 8.36. The fourth-order valence-electron chi connectivity index (χ4n) is 4.60. The van der Waals surface area contributed by atoms with Crippen LogP contribution in [0.3, 0.4) is 0 Å². The lowest BCUT2D eigenvalue weighted by molar-refractivity contribution is -0.137. The SMILES string of the molecule is CCCCn1c(N2CCCC(C)C2)c(/C=C2\SC(=S)N(CCCC(=O)O)C2=O)c(C)c(C#N)c1=O. The van der Waals surface area contributed by atoms with Crippen molar-refractivity contribution in [2.75, 3.05) is 24.5 Å². The third-order valence-electron chi connectivity index (χ3n) is 6.46. The molecule has 3 rings (SSSR count). The molecule has 2 aliphatic heterocycles. The average Bonchev–Trinajstić information content (AvgIpc) is 3.07. The summed E-state index contributed by atoms with van der Waals surface area (Å²) >= 11 is 6.58. The molecule has 2 aliphatic rings. The van der Waals surface area contributed by atoms with Gasteiger partial charge < -0.3 is 10.0 Å². The van der Waals surface area contributed by atoms with Crippen LogP contribution < -0.4 is 10.5 Å². The highest BCUT2D eigenvalue weighted by Gasteiger charge is 2.33. The van der Waals surface area contributed by atoms with E-state index in [1.165, 1.54) is 16.7 Å². The molecule has 1 unspecified atom stereocenters. The van der Waals surface area contributed by atoms with Gasteiger partial charge in [-0.2, -0.15) is 5.26 Å². The first-order chi connectivity index (χ1) is 16.7. The highest BCUT2D eigenvalue weighted by Crippen LogP contribution is 2.37. The number of nitrogens with zero attached hydrogens (tertiary/aromatic N) is 4. The van der Waals surface area contributed by atoms with Crippen LogP contribution in [0, 0.1) is 24.2 Å². The Bertz CT molecular complexity index is 1150. The van der Waals surface area contributed by atoms with Gasteiger partial charge >= 0.3 is 5.97 Å². The number of nitriles is 1. The first-order valence-corrected chi connectivity index (χ1v) is 13.3. The number of aromatic nitrogens is 1. The van der Waals surface area contributed by atoms with Crippen molar-refractivity contribution in [3.05, 3.63) is 31.9 Å². The molecule has 8 nitrogen and oxygen atoms in total. The zero-order valence-electron chi connectivity index (χ0n) is 20.5.